The zero-order valence-corrected chi connectivity index (χ0v) is 32.3. The van der Waals surface area contributed by atoms with E-state index in [-0.39, 0.29) is 0 Å². The number of hydrogen-bond donors (Lipinski definition) is 0. The lowest BCUT2D eigenvalue weighted by molar-refractivity contribution is 1.02. The molecular formula is C54H30N4S. The van der Waals surface area contributed by atoms with E-state index in [0.717, 1.165) is 43.7 Å². The highest BCUT2D eigenvalue weighted by atomic mass is 32.1. The highest BCUT2D eigenvalue weighted by Gasteiger charge is 2.27. The second kappa shape index (κ2) is 11.5. The van der Waals surface area contributed by atoms with Crippen molar-refractivity contribution in [1.29, 1.82) is 0 Å². The summed E-state index contributed by atoms with van der Waals surface area (Å²) in [6.07, 6.45) is 0. The SMILES string of the molecule is c1ccc(-n2c3cc(-c4nc(-n5c6cccc7c6c6c(cccc65)-c5cccc6cccc-7c56)nc5sc6ccccc6c45)ccc3c3cc4ccccc4cc32)cc1. The molecule has 0 atom stereocenters. The fraction of sp³-hybridized carbons (Fsp3) is 0. The standard InChI is InChI=1S/C54H30N4S/c1-2-16-35(17-3-1)57-45-30-34(26-27-36(45)42-28-32-12-4-5-13-33(32)29-46(42)57)52-51-41-18-6-7-25-47(41)59-53(51)56-54(55-52)58-43-23-10-21-39-37-19-8-14-31-15-9-20-38(48(31)37)40-22-11-24-44(58)50(40)49(39)43/h1-30H. The lowest BCUT2D eigenvalue weighted by Gasteiger charge is -2.14. The Morgan fingerprint density at radius 3 is 1.73 bits per heavy atom. The maximum absolute atomic E-state index is 5.68. The maximum atomic E-state index is 5.68. The van der Waals surface area contributed by atoms with Crippen LogP contribution in [0.2, 0.25) is 0 Å². The quantitative estimate of drug-likeness (QED) is 0.180. The van der Waals surface area contributed by atoms with E-state index in [1.165, 1.54) is 80.9 Å². The van der Waals surface area contributed by atoms with Gasteiger partial charge in [0.2, 0.25) is 5.95 Å². The summed E-state index contributed by atoms with van der Waals surface area (Å²) in [7, 11) is 0. The van der Waals surface area contributed by atoms with E-state index in [9.17, 15) is 0 Å². The minimum Gasteiger partial charge on any atom is -0.309 e. The second-order valence-corrected chi connectivity index (χ2v) is 16.7. The first-order valence-corrected chi connectivity index (χ1v) is 20.9. The number of fused-ring (bicyclic) bond motifs is 9. The number of thiophene rings is 1. The molecule has 5 heteroatoms. The molecule has 4 aromatic heterocycles. The number of rotatable bonds is 3. The number of benzene rings is 9. The average molecular weight is 767 g/mol. The molecule has 14 rings (SSSR count). The fourth-order valence-corrected chi connectivity index (χ4v) is 11.3. The normalized spacial score (nSPS) is 12.4. The summed E-state index contributed by atoms with van der Waals surface area (Å²) in [5, 5.41) is 12.2. The largest absolute Gasteiger partial charge is 0.309 e. The van der Waals surface area contributed by atoms with Crippen LogP contribution in [-0.2, 0) is 0 Å². The molecule has 9 aromatic carbocycles. The van der Waals surface area contributed by atoms with Gasteiger partial charge in [0.1, 0.15) is 4.83 Å². The van der Waals surface area contributed by atoms with Crippen LogP contribution in [0, 0.1) is 0 Å². The van der Waals surface area contributed by atoms with Gasteiger partial charge >= 0.3 is 0 Å². The first-order chi connectivity index (χ1) is 29.3. The lowest BCUT2D eigenvalue weighted by Crippen LogP contribution is -2.03. The molecule has 1 aliphatic rings. The Balaban J connectivity index is 1.09. The molecule has 4 heterocycles. The van der Waals surface area contributed by atoms with Crippen LogP contribution in [-0.4, -0.2) is 19.1 Å². The molecule has 0 fully saturated rings. The Labute approximate surface area is 341 Å². The van der Waals surface area contributed by atoms with E-state index in [4.69, 9.17) is 9.97 Å². The van der Waals surface area contributed by atoms with Crippen molar-refractivity contribution in [2.24, 2.45) is 0 Å². The van der Waals surface area contributed by atoms with Crippen molar-refractivity contribution in [2.45, 2.75) is 0 Å². The van der Waals surface area contributed by atoms with Crippen molar-refractivity contribution in [3.63, 3.8) is 0 Å². The third-order valence-electron chi connectivity index (χ3n) is 12.7. The topological polar surface area (TPSA) is 35.6 Å². The van der Waals surface area contributed by atoms with Gasteiger partial charge in [-0.3, -0.25) is 4.57 Å². The summed E-state index contributed by atoms with van der Waals surface area (Å²) in [6, 6.07) is 66.5. The number of para-hydroxylation sites is 1. The molecule has 0 saturated heterocycles. The number of nitrogens with zero attached hydrogens (tertiary/aromatic N) is 4. The second-order valence-electron chi connectivity index (χ2n) is 15.7. The average Bonchev–Trinajstić information content (AvgIpc) is 3.92. The summed E-state index contributed by atoms with van der Waals surface area (Å²) in [4.78, 5) is 12.1. The Hall–Kier alpha value is -7.60. The van der Waals surface area contributed by atoms with E-state index in [1.54, 1.807) is 11.3 Å². The molecule has 4 nitrogen and oxygen atoms in total. The third kappa shape index (κ3) is 4.21. The smallest absolute Gasteiger partial charge is 0.236 e. The Kier molecular flexibility index (Phi) is 6.14. The van der Waals surface area contributed by atoms with Gasteiger partial charge in [0.25, 0.3) is 0 Å². The highest BCUT2D eigenvalue weighted by Crippen LogP contribution is 2.50. The van der Waals surface area contributed by atoms with Crippen LogP contribution in [0.3, 0.4) is 0 Å². The summed E-state index contributed by atoms with van der Waals surface area (Å²) >= 11 is 1.74. The van der Waals surface area contributed by atoms with Crippen molar-refractivity contribution >= 4 is 96.8 Å². The van der Waals surface area contributed by atoms with Crippen LogP contribution in [0.15, 0.2) is 182 Å². The van der Waals surface area contributed by atoms with Gasteiger partial charge in [-0.1, -0.05) is 133 Å². The fourth-order valence-electron chi connectivity index (χ4n) is 10.2. The first-order valence-electron chi connectivity index (χ1n) is 20.1. The molecule has 0 N–H and O–H groups in total. The Morgan fingerprint density at radius 2 is 0.983 bits per heavy atom. The summed E-state index contributed by atoms with van der Waals surface area (Å²) < 4.78 is 5.93. The molecule has 0 amide bonds. The molecular weight excluding hydrogens is 737 g/mol. The molecule has 0 saturated carbocycles. The van der Waals surface area contributed by atoms with Gasteiger partial charge < -0.3 is 4.57 Å². The van der Waals surface area contributed by atoms with Gasteiger partial charge in [0.05, 0.1) is 27.8 Å². The molecule has 13 aromatic rings. The van der Waals surface area contributed by atoms with Gasteiger partial charge in [-0.05, 0) is 92.3 Å². The molecule has 0 radical (unpaired) electrons. The minimum absolute atomic E-state index is 0.676. The predicted molar refractivity (Wildman–Crippen MR) is 248 cm³/mol. The first kappa shape index (κ1) is 31.5. The van der Waals surface area contributed by atoms with Crippen LogP contribution in [0.5, 0.6) is 0 Å². The zero-order chi connectivity index (χ0) is 38.3. The van der Waals surface area contributed by atoms with Crippen LogP contribution in [0.4, 0.5) is 0 Å². The Bertz CT molecular complexity index is 3870. The van der Waals surface area contributed by atoms with Crippen LogP contribution < -0.4 is 0 Å². The van der Waals surface area contributed by atoms with E-state index in [0.29, 0.717) is 5.95 Å². The van der Waals surface area contributed by atoms with Gasteiger partial charge in [-0.2, -0.15) is 0 Å². The van der Waals surface area contributed by atoms with Gasteiger partial charge in [-0.25, -0.2) is 9.97 Å². The maximum Gasteiger partial charge on any atom is 0.236 e. The third-order valence-corrected chi connectivity index (χ3v) is 13.7. The van der Waals surface area contributed by atoms with E-state index in [2.05, 4.69) is 191 Å². The van der Waals surface area contributed by atoms with Gasteiger partial charge in [0.15, 0.2) is 0 Å². The summed E-state index contributed by atoms with van der Waals surface area (Å²) in [6.45, 7) is 0. The van der Waals surface area contributed by atoms with E-state index < -0.39 is 0 Å². The predicted octanol–water partition coefficient (Wildman–Crippen LogP) is 14.7. The van der Waals surface area contributed by atoms with Crippen molar-refractivity contribution in [1.82, 2.24) is 19.1 Å². The molecule has 59 heavy (non-hydrogen) atoms. The van der Waals surface area contributed by atoms with Gasteiger partial charge in [-0.15, -0.1) is 11.3 Å². The number of hydrogen-bond acceptors (Lipinski definition) is 3. The minimum atomic E-state index is 0.676. The molecule has 0 aliphatic heterocycles. The Morgan fingerprint density at radius 1 is 0.373 bits per heavy atom. The van der Waals surface area contributed by atoms with Crippen molar-refractivity contribution < 1.29 is 0 Å². The van der Waals surface area contributed by atoms with Crippen molar-refractivity contribution in [2.75, 3.05) is 0 Å². The zero-order valence-electron chi connectivity index (χ0n) is 31.5. The van der Waals surface area contributed by atoms with Crippen LogP contribution in [0.25, 0.3) is 131 Å². The van der Waals surface area contributed by atoms with Crippen molar-refractivity contribution in [3.8, 4) is 45.1 Å². The van der Waals surface area contributed by atoms with Crippen LogP contribution in [0.1, 0.15) is 0 Å². The van der Waals surface area contributed by atoms with E-state index in [1.807, 2.05) is 0 Å². The highest BCUT2D eigenvalue weighted by molar-refractivity contribution is 7.25. The molecule has 0 spiro atoms. The summed E-state index contributed by atoms with van der Waals surface area (Å²) in [5.41, 5.74) is 12.7. The lowest BCUT2D eigenvalue weighted by atomic mass is 9.93. The molecule has 0 bridgehead atoms. The van der Waals surface area contributed by atoms with Crippen LogP contribution >= 0.6 is 11.3 Å². The van der Waals surface area contributed by atoms with E-state index >= 15 is 0 Å². The molecule has 1 aliphatic carbocycles. The molecule has 272 valence electrons. The van der Waals surface area contributed by atoms with Gasteiger partial charge in [0, 0.05) is 48.3 Å². The molecule has 0 unspecified atom stereocenters. The monoisotopic (exact) mass is 766 g/mol. The van der Waals surface area contributed by atoms with Crippen molar-refractivity contribution in [3.05, 3.63) is 182 Å². The summed E-state index contributed by atoms with van der Waals surface area (Å²) in [5.74, 6) is 0.676. The number of aromatic nitrogens is 4.